The van der Waals surface area contributed by atoms with Crippen molar-refractivity contribution >= 4 is 5.52 Å². The van der Waals surface area contributed by atoms with Crippen molar-refractivity contribution < 1.29 is 4.74 Å². The smallest absolute Gasteiger partial charge is 0.0710 e. The normalized spacial score (nSPS) is 25.3. The van der Waals surface area contributed by atoms with Crippen LogP contribution in [0.15, 0.2) is 30.6 Å². The molecule has 2 atom stereocenters. The molecule has 5 nitrogen and oxygen atoms in total. The summed E-state index contributed by atoms with van der Waals surface area (Å²) in [5.74, 6) is 6.18. The molecule has 2 aromatic rings. The minimum atomic E-state index is -0.233. The third-order valence-corrected chi connectivity index (χ3v) is 4.52. The summed E-state index contributed by atoms with van der Waals surface area (Å²) in [6, 6.07) is 6.08. The summed E-state index contributed by atoms with van der Waals surface area (Å²) in [5, 5.41) is 4.42. The number of hydrazine groups is 1. The van der Waals surface area contributed by atoms with Gasteiger partial charge < -0.3 is 4.74 Å². The molecule has 0 amide bonds. The second-order valence-electron chi connectivity index (χ2n) is 7.05. The van der Waals surface area contributed by atoms with E-state index in [4.69, 9.17) is 10.6 Å². The van der Waals surface area contributed by atoms with E-state index in [-0.39, 0.29) is 23.2 Å². The van der Waals surface area contributed by atoms with Gasteiger partial charge >= 0.3 is 0 Å². The molecule has 1 fully saturated rings. The first kappa shape index (κ1) is 14.5. The van der Waals surface area contributed by atoms with Crippen molar-refractivity contribution in [3.63, 3.8) is 0 Å². The molecule has 21 heavy (non-hydrogen) atoms. The van der Waals surface area contributed by atoms with Crippen molar-refractivity contribution in [2.45, 2.75) is 51.4 Å². The van der Waals surface area contributed by atoms with Crippen molar-refractivity contribution in [1.82, 2.24) is 15.0 Å². The van der Waals surface area contributed by atoms with E-state index in [9.17, 15) is 0 Å². The van der Waals surface area contributed by atoms with Gasteiger partial charge in [-0.15, -0.1) is 0 Å². The number of hydrogen-bond acceptors (Lipinski definition) is 4. The molecule has 0 spiro atoms. The van der Waals surface area contributed by atoms with Crippen LogP contribution in [-0.2, 0) is 4.74 Å². The number of nitrogens with one attached hydrogen (secondary N) is 1. The number of aromatic nitrogens is 2. The molecule has 0 saturated carbocycles. The Bertz CT molecular complexity index is 647. The Morgan fingerprint density at radius 2 is 2.14 bits per heavy atom. The number of pyridine rings is 1. The van der Waals surface area contributed by atoms with E-state index in [1.165, 1.54) is 0 Å². The molecule has 0 aromatic carbocycles. The van der Waals surface area contributed by atoms with E-state index in [0.29, 0.717) is 0 Å². The average Bonchev–Trinajstić information content (AvgIpc) is 2.90. The van der Waals surface area contributed by atoms with E-state index < -0.39 is 0 Å². The van der Waals surface area contributed by atoms with Gasteiger partial charge in [-0.05, 0) is 46.2 Å². The van der Waals surface area contributed by atoms with Gasteiger partial charge in [0.1, 0.15) is 0 Å². The molecule has 1 aliphatic heterocycles. The van der Waals surface area contributed by atoms with Crippen LogP contribution in [0.3, 0.4) is 0 Å². The third kappa shape index (κ3) is 2.46. The zero-order chi connectivity index (χ0) is 15.3. The number of fused-ring (bicyclic) bond motifs is 1. The van der Waals surface area contributed by atoms with Crippen molar-refractivity contribution in [3.05, 3.63) is 36.2 Å². The van der Waals surface area contributed by atoms with E-state index in [0.717, 1.165) is 17.5 Å². The van der Waals surface area contributed by atoms with Gasteiger partial charge in [0.15, 0.2) is 0 Å². The first-order chi connectivity index (χ1) is 9.84. The number of nitrogens with zero attached hydrogens (tertiary/aromatic N) is 2. The van der Waals surface area contributed by atoms with Gasteiger partial charge in [0.25, 0.3) is 0 Å². The van der Waals surface area contributed by atoms with E-state index in [2.05, 4.69) is 44.3 Å². The van der Waals surface area contributed by atoms with Crippen molar-refractivity contribution in [2.24, 2.45) is 11.8 Å². The standard InChI is InChI=1S/C16H24N4O/c1-15(2)9-12(16(3,4)21-15)14(19-17)11-10-18-20-8-6-5-7-13(11)20/h5-8,10,12,14,19H,9,17H2,1-4H3. The molecule has 3 N–H and O–H groups in total. The van der Waals surface area contributed by atoms with Crippen LogP contribution in [-0.4, -0.2) is 20.8 Å². The maximum atomic E-state index is 6.22. The molecule has 2 unspecified atom stereocenters. The van der Waals surface area contributed by atoms with Crippen LogP contribution < -0.4 is 11.3 Å². The average molecular weight is 288 g/mol. The van der Waals surface area contributed by atoms with Gasteiger partial charge in [-0.25, -0.2) is 4.52 Å². The summed E-state index contributed by atoms with van der Waals surface area (Å²) in [6.45, 7) is 8.56. The zero-order valence-electron chi connectivity index (χ0n) is 13.1. The zero-order valence-corrected chi connectivity index (χ0v) is 13.1. The van der Waals surface area contributed by atoms with Gasteiger partial charge in [-0.1, -0.05) is 6.07 Å². The van der Waals surface area contributed by atoms with Crippen LogP contribution in [0.25, 0.3) is 5.52 Å². The van der Waals surface area contributed by atoms with E-state index in [1.807, 2.05) is 29.0 Å². The summed E-state index contributed by atoms with van der Waals surface area (Å²) in [5.41, 5.74) is 4.84. The first-order valence-electron chi connectivity index (χ1n) is 7.43. The molecule has 3 heterocycles. The topological polar surface area (TPSA) is 64.6 Å². The quantitative estimate of drug-likeness (QED) is 0.672. The first-order valence-corrected chi connectivity index (χ1v) is 7.43. The van der Waals surface area contributed by atoms with Crippen molar-refractivity contribution in [2.75, 3.05) is 0 Å². The highest BCUT2D eigenvalue weighted by Crippen LogP contribution is 2.47. The highest BCUT2D eigenvalue weighted by atomic mass is 16.5. The monoisotopic (exact) mass is 288 g/mol. The predicted molar refractivity (Wildman–Crippen MR) is 82.6 cm³/mol. The number of hydrogen-bond donors (Lipinski definition) is 2. The molecule has 0 radical (unpaired) electrons. The Morgan fingerprint density at radius 3 is 2.76 bits per heavy atom. The Hall–Kier alpha value is -1.43. The van der Waals surface area contributed by atoms with E-state index >= 15 is 0 Å². The van der Waals surface area contributed by atoms with Gasteiger partial charge in [0.2, 0.25) is 0 Å². The fourth-order valence-electron chi connectivity index (χ4n) is 3.74. The lowest BCUT2D eigenvalue weighted by Crippen LogP contribution is -2.41. The Balaban J connectivity index is 2.03. The van der Waals surface area contributed by atoms with Crippen molar-refractivity contribution in [1.29, 1.82) is 0 Å². The highest BCUT2D eigenvalue weighted by Gasteiger charge is 2.49. The summed E-state index contributed by atoms with van der Waals surface area (Å²) < 4.78 is 8.10. The maximum absolute atomic E-state index is 6.22. The Kier molecular flexibility index (Phi) is 3.31. The third-order valence-electron chi connectivity index (χ3n) is 4.52. The molecule has 5 heteroatoms. The lowest BCUT2D eigenvalue weighted by molar-refractivity contribution is -0.0778. The summed E-state index contributed by atoms with van der Waals surface area (Å²) in [4.78, 5) is 0. The molecule has 1 aliphatic rings. The second-order valence-corrected chi connectivity index (χ2v) is 7.05. The molecule has 2 aromatic heterocycles. The molecule has 0 bridgehead atoms. The molecule has 3 rings (SSSR count). The van der Waals surface area contributed by atoms with Crippen LogP contribution in [0.1, 0.15) is 45.7 Å². The minimum absolute atomic E-state index is 0.0154. The van der Waals surface area contributed by atoms with Crippen LogP contribution in [0.5, 0.6) is 0 Å². The maximum Gasteiger partial charge on any atom is 0.0710 e. The predicted octanol–water partition coefficient (Wildman–Crippen LogP) is 2.43. The van der Waals surface area contributed by atoms with Gasteiger partial charge in [0, 0.05) is 17.7 Å². The van der Waals surface area contributed by atoms with Gasteiger partial charge in [0.05, 0.1) is 29.0 Å². The van der Waals surface area contributed by atoms with Crippen LogP contribution in [0.2, 0.25) is 0 Å². The largest absolute Gasteiger partial charge is 0.369 e. The van der Waals surface area contributed by atoms with Crippen LogP contribution in [0, 0.1) is 5.92 Å². The van der Waals surface area contributed by atoms with E-state index in [1.54, 1.807) is 0 Å². The molecule has 1 saturated heterocycles. The number of ether oxygens (including phenoxy) is 1. The molecular formula is C16H24N4O. The minimum Gasteiger partial charge on any atom is -0.369 e. The van der Waals surface area contributed by atoms with Crippen LogP contribution in [0.4, 0.5) is 0 Å². The molecular weight excluding hydrogens is 264 g/mol. The number of rotatable bonds is 3. The van der Waals surface area contributed by atoms with Crippen LogP contribution >= 0.6 is 0 Å². The van der Waals surface area contributed by atoms with Gasteiger partial charge in [-0.2, -0.15) is 5.10 Å². The van der Waals surface area contributed by atoms with Crippen molar-refractivity contribution in [3.8, 4) is 0 Å². The lowest BCUT2D eigenvalue weighted by atomic mass is 9.79. The molecule has 114 valence electrons. The number of nitrogens with two attached hydrogens (primary N) is 1. The Morgan fingerprint density at radius 1 is 1.38 bits per heavy atom. The fourth-order valence-corrected chi connectivity index (χ4v) is 3.74. The molecule has 0 aliphatic carbocycles. The summed E-state index contributed by atoms with van der Waals surface area (Å²) in [6.07, 6.45) is 4.81. The Labute approximate surface area is 125 Å². The summed E-state index contributed by atoms with van der Waals surface area (Å²) in [7, 11) is 0. The fraction of sp³-hybridized carbons (Fsp3) is 0.562. The summed E-state index contributed by atoms with van der Waals surface area (Å²) >= 11 is 0. The van der Waals surface area contributed by atoms with Gasteiger partial charge in [-0.3, -0.25) is 11.3 Å². The lowest BCUT2D eigenvalue weighted by Gasteiger charge is -2.32. The highest BCUT2D eigenvalue weighted by molar-refractivity contribution is 5.55. The SMILES string of the molecule is CC1(C)CC(C(NN)c2cnn3ccccc23)C(C)(C)O1. The second kappa shape index (κ2) is 4.80.